The van der Waals surface area contributed by atoms with E-state index >= 15 is 0 Å². The van der Waals surface area contributed by atoms with E-state index in [4.69, 9.17) is 0 Å². The fourth-order valence-electron chi connectivity index (χ4n) is 1.07. The van der Waals surface area contributed by atoms with Gasteiger partial charge in [0.25, 0.3) is 0 Å². The molecule has 2 rings (SSSR count). The summed E-state index contributed by atoms with van der Waals surface area (Å²) in [5.74, 6) is 0.909. The van der Waals surface area contributed by atoms with Crippen LogP contribution in [0.1, 0.15) is 0 Å². The molecule has 4 nitrogen and oxygen atoms in total. The third-order valence-corrected chi connectivity index (χ3v) is 2.31. The minimum Gasteiger partial charge on any atom is -0.361 e. The zero-order valence-electron chi connectivity index (χ0n) is 7.40. The van der Waals surface area contributed by atoms with Gasteiger partial charge in [-0.3, -0.25) is 0 Å². The van der Waals surface area contributed by atoms with E-state index in [-0.39, 0.29) is 0 Å². The lowest BCUT2D eigenvalue weighted by molar-refractivity contribution is 0.886. The molecule has 0 aliphatic heterocycles. The first-order valence-electron chi connectivity index (χ1n) is 3.86. The zero-order chi connectivity index (χ0) is 9.42. The Morgan fingerprint density at radius 2 is 2.15 bits per heavy atom. The number of hydrogen-bond acceptors (Lipinski definition) is 3. The average Bonchev–Trinajstić information content (AvgIpc) is 2.47. The van der Waals surface area contributed by atoms with Crippen molar-refractivity contribution in [1.82, 2.24) is 14.6 Å². The van der Waals surface area contributed by atoms with E-state index in [1.807, 2.05) is 31.1 Å². The van der Waals surface area contributed by atoms with Crippen LogP contribution in [0.25, 0.3) is 5.65 Å². The molecule has 2 aromatic heterocycles. The summed E-state index contributed by atoms with van der Waals surface area (Å²) in [6.07, 6.45) is 1.74. The van der Waals surface area contributed by atoms with E-state index in [0.717, 1.165) is 16.1 Å². The molecule has 68 valence electrons. The van der Waals surface area contributed by atoms with E-state index < -0.39 is 0 Å². The second kappa shape index (κ2) is 2.99. The van der Waals surface area contributed by atoms with Gasteiger partial charge in [0.15, 0.2) is 5.65 Å². The fraction of sp³-hybridized carbons (Fsp3) is 0.250. The molecule has 0 aliphatic rings. The van der Waals surface area contributed by atoms with Crippen molar-refractivity contribution >= 4 is 27.4 Å². The maximum absolute atomic E-state index is 4.37. The summed E-state index contributed by atoms with van der Waals surface area (Å²) in [5, 5.41) is 4.37. The Kier molecular flexibility index (Phi) is 1.95. The lowest BCUT2D eigenvalue weighted by Crippen LogP contribution is -2.12. The van der Waals surface area contributed by atoms with Crippen molar-refractivity contribution in [2.24, 2.45) is 0 Å². The molecule has 0 saturated heterocycles. The molecule has 0 radical (unpaired) electrons. The molecule has 0 aliphatic carbocycles. The second-order valence-corrected chi connectivity index (χ2v) is 3.75. The van der Waals surface area contributed by atoms with Crippen LogP contribution >= 0.6 is 15.9 Å². The summed E-state index contributed by atoms with van der Waals surface area (Å²) < 4.78 is 2.63. The van der Waals surface area contributed by atoms with Gasteiger partial charge in [-0.25, -0.2) is 9.50 Å². The normalized spacial score (nSPS) is 10.7. The van der Waals surface area contributed by atoms with Crippen molar-refractivity contribution in [1.29, 1.82) is 0 Å². The molecule has 13 heavy (non-hydrogen) atoms. The molecule has 0 spiro atoms. The minimum atomic E-state index is 0.845. The molecule has 0 aromatic carbocycles. The third-order valence-electron chi connectivity index (χ3n) is 1.76. The van der Waals surface area contributed by atoms with Crippen LogP contribution in [-0.2, 0) is 0 Å². The van der Waals surface area contributed by atoms with Crippen LogP contribution in [0.2, 0.25) is 0 Å². The Morgan fingerprint density at radius 1 is 1.38 bits per heavy atom. The van der Waals surface area contributed by atoms with Crippen LogP contribution in [0.5, 0.6) is 0 Å². The van der Waals surface area contributed by atoms with Gasteiger partial charge in [0, 0.05) is 14.1 Å². The summed E-state index contributed by atoms with van der Waals surface area (Å²) in [4.78, 5) is 6.10. The predicted molar refractivity (Wildman–Crippen MR) is 55.0 cm³/mol. The number of fused-ring (bicyclic) bond motifs is 1. The summed E-state index contributed by atoms with van der Waals surface area (Å²) in [6, 6.07) is 3.88. The minimum absolute atomic E-state index is 0.845. The molecular weight excluding hydrogens is 232 g/mol. The maximum Gasteiger partial charge on any atom is 0.154 e. The molecule has 0 unspecified atom stereocenters. The first-order chi connectivity index (χ1) is 6.18. The highest BCUT2D eigenvalue weighted by Gasteiger charge is 2.03. The van der Waals surface area contributed by atoms with Crippen LogP contribution in [0.4, 0.5) is 5.82 Å². The number of hydrogen-bond donors (Lipinski definition) is 0. The zero-order valence-corrected chi connectivity index (χ0v) is 8.98. The molecule has 5 heteroatoms. The van der Waals surface area contributed by atoms with Crippen molar-refractivity contribution in [2.75, 3.05) is 19.0 Å². The smallest absolute Gasteiger partial charge is 0.154 e. The summed E-state index contributed by atoms with van der Waals surface area (Å²) >= 11 is 3.37. The molecular formula is C8H9BrN4. The summed E-state index contributed by atoms with van der Waals surface area (Å²) in [6.45, 7) is 0. The van der Waals surface area contributed by atoms with Crippen molar-refractivity contribution < 1.29 is 0 Å². The van der Waals surface area contributed by atoms with Gasteiger partial charge in [0.05, 0.1) is 6.20 Å². The number of aromatic nitrogens is 3. The van der Waals surface area contributed by atoms with Crippen LogP contribution in [0, 0.1) is 0 Å². The van der Waals surface area contributed by atoms with Gasteiger partial charge in [-0.2, -0.15) is 0 Å². The Bertz CT molecular complexity index is 435. The molecule has 0 N–H and O–H groups in total. The first-order valence-corrected chi connectivity index (χ1v) is 4.65. The molecule has 2 aromatic rings. The molecule has 0 amide bonds. The largest absolute Gasteiger partial charge is 0.361 e. The lowest BCUT2D eigenvalue weighted by atomic mass is 10.5. The molecule has 2 heterocycles. The van der Waals surface area contributed by atoms with Crippen molar-refractivity contribution in [2.45, 2.75) is 0 Å². The summed E-state index contributed by atoms with van der Waals surface area (Å²) in [7, 11) is 3.91. The Hall–Kier alpha value is -1.10. The van der Waals surface area contributed by atoms with E-state index in [2.05, 4.69) is 26.0 Å². The molecule has 0 atom stereocenters. The average molecular weight is 241 g/mol. The van der Waals surface area contributed by atoms with E-state index in [1.165, 1.54) is 0 Å². The highest BCUT2D eigenvalue weighted by atomic mass is 79.9. The van der Waals surface area contributed by atoms with E-state index in [1.54, 1.807) is 10.7 Å². The van der Waals surface area contributed by atoms with Gasteiger partial charge in [-0.15, -0.1) is 5.10 Å². The topological polar surface area (TPSA) is 33.4 Å². The molecule has 0 bridgehead atoms. The number of halogens is 1. The van der Waals surface area contributed by atoms with Crippen LogP contribution in [0.3, 0.4) is 0 Å². The number of nitrogens with zero attached hydrogens (tertiary/aromatic N) is 4. The summed E-state index contributed by atoms with van der Waals surface area (Å²) in [5.41, 5.74) is 0.845. The van der Waals surface area contributed by atoms with E-state index in [0.29, 0.717) is 0 Å². The quantitative estimate of drug-likeness (QED) is 0.759. The van der Waals surface area contributed by atoms with Gasteiger partial charge in [0.2, 0.25) is 0 Å². The van der Waals surface area contributed by atoms with Crippen molar-refractivity contribution in [3.63, 3.8) is 0 Å². The van der Waals surface area contributed by atoms with Gasteiger partial charge >= 0.3 is 0 Å². The third kappa shape index (κ3) is 1.39. The first kappa shape index (κ1) is 8.50. The maximum atomic E-state index is 4.37. The van der Waals surface area contributed by atoms with Crippen LogP contribution < -0.4 is 4.90 Å². The van der Waals surface area contributed by atoms with Gasteiger partial charge in [-0.1, -0.05) is 0 Å². The standard InChI is InChI=1S/C8H9BrN4/c1-12(2)8-4-3-7-10-5-6(9)13(7)11-8/h3-5H,1-2H3. The van der Waals surface area contributed by atoms with Gasteiger partial charge in [-0.05, 0) is 28.1 Å². The number of rotatable bonds is 1. The van der Waals surface area contributed by atoms with Gasteiger partial charge in [0.1, 0.15) is 10.4 Å². The Balaban J connectivity index is 2.66. The molecule has 0 saturated carbocycles. The number of imidazole rings is 1. The molecule has 0 fully saturated rings. The van der Waals surface area contributed by atoms with Gasteiger partial charge < -0.3 is 4.90 Å². The van der Waals surface area contributed by atoms with Crippen LogP contribution in [0.15, 0.2) is 22.9 Å². The van der Waals surface area contributed by atoms with E-state index in [9.17, 15) is 0 Å². The predicted octanol–water partition coefficient (Wildman–Crippen LogP) is 1.56. The second-order valence-electron chi connectivity index (χ2n) is 2.94. The highest BCUT2D eigenvalue weighted by molar-refractivity contribution is 9.10. The lowest BCUT2D eigenvalue weighted by Gasteiger charge is -2.10. The van der Waals surface area contributed by atoms with Crippen molar-refractivity contribution in [3.05, 3.63) is 22.9 Å². The fourth-order valence-corrected chi connectivity index (χ4v) is 1.44. The van der Waals surface area contributed by atoms with Crippen molar-refractivity contribution in [3.8, 4) is 0 Å². The highest BCUT2D eigenvalue weighted by Crippen LogP contribution is 2.14. The Morgan fingerprint density at radius 3 is 2.85 bits per heavy atom. The Labute approximate surface area is 84.3 Å². The number of anilines is 1. The van der Waals surface area contributed by atoms with Crippen LogP contribution in [-0.4, -0.2) is 28.7 Å². The monoisotopic (exact) mass is 240 g/mol. The SMILES string of the molecule is CN(C)c1ccc2ncc(Br)n2n1.